The van der Waals surface area contributed by atoms with E-state index in [1.54, 1.807) is 44.3 Å². The summed E-state index contributed by atoms with van der Waals surface area (Å²) in [6.07, 6.45) is 5.20. The van der Waals surface area contributed by atoms with Crippen LogP contribution in [-0.2, 0) is 13.5 Å². The number of hydrogen-bond acceptors (Lipinski definition) is 8. The molecule has 3 atom stereocenters. The number of nitrogens with one attached hydrogen (secondary N) is 1. The van der Waals surface area contributed by atoms with Gasteiger partial charge in [-0.3, -0.25) is 4.57 Å². The van der Waals surface area contributed by atoms with Crippen molar-refractivity contribution in [1.82, 2.24) is 29.5 Å². The maximum Gasteiger partial charge on any atom is 0.349 e. The van der Waals surface area contributed by atoms with Gasteiger partial charge in [0, 0.05) is 56.2 Å². The van der Waals surface area contributed by atoms with E-state index in [2.05, 4.69) is 30.2 Å². The Morgan fingerprint density at radius 1 is 1.13 bits per heavy atom. The van der Waals surface area contributed by atoms with Crippen molar-refractivity contribution < 1.29 is 8.78 Å². The lowest BCUT2D eigenvalue weighted by molar-refractivity contribution is -0.105. The first-order valence-corrected chi connectivity index (χ1v) is 13.1. The smallest absolute Gasteiger partial charge is 0.349 e. The molecule has 12 heteroatoms. The molecule has 1 fully saturated rings. The normalized spacial score (nSPS) is 19.7. The summed E-state index contributed by atoms with van der Waals surface area (Å²) in [5, 5.41) is 4.39. The predicted octanol–water partition coefficient (Wildman–Crippen LogP) is 4.66. The molecule has 39 heavy (non-hydrogen) atoms. The fourth-order valence-electron chi connectivity index (χ4n) is 4.91. The van der Waals surface area contributed by atoms with Gasteiger partial charge in [-0.05, 0) is 30.7 Å². The Kier molecular flexibility index (Phi) is 7.19. The van der Waals surface area contributed by atoms with Gasteiger partial charge in [-0.1, -0.05) is 31.5 Å². The molecule has 1 saturated heterocycles. The SMILES string of the molecule is CC(Nc1nc(=O)n(C)c2ccc(Cc3nc(N4C[C@@H](C)C(F)(F)[C@@H](C)C4)ncc3Cl)cc12)c1ncccn1. The first kappa shape index (κ1) is 26.9. The minimum absolute atomic E-state index is 0.159. The molecule has 5 rings (SSSR count). The Morgan fingerprint density at radius 3 is 2.51 bits per heavy atom. The molecule has 1 unspecified atom stereocenters. The lowest BCUT2D eigenvalue weighted by atomic mass is 9.87. The molecule has 204 valence electrons. The number of aromatic nitrogens is 6. The number of benzene rings is 1. The molecule has 0 saturated carbocycles. The second-order valence-electron chi connectivity index (χ2n) is 10.1. The average molecular weight is 555 g/mol. The summed E-state index contributed by atoms with van der Waals surface area (Å²) >= 11 is 6.47. The van der Waals surface area contributed by atoms with Crippen molar-refractivity contribution in [3.05, 3.63) is 75.4 Å². The van der Waals surface area contributed by atoms with E-state index in [4.69, 9.17) is 11.6 Å². The molecule has 1 aliphatic rings. The first-order valence-electron chi connectivity index (χ1n) is 12.7. The number of hydrogen-bond donors (Lipinski definition) is 1. The summed E-state index contributed by atoms with van der Waals surface area (Å²) in [4.78, 5) is 36.2. The topological polar surface area (TPSA) is 102 Å². The van der Waals surface area contributed by atoms with Crippen molar-refractivity contribution in [2.75, 3.05) is 23.3 Å². The fraction of sp³-hybridized carbons (Fsp3) is 0.407. The summed E-state index contributed by atoms with van der Waals surface area (Å²) in [6.45, 7) is 5.31. The van der Waals surface area contributed by atoms with Crippen LogP contribution in [0.3, 0.4) is 0 Å². The molecular formula is C27H29ClF2N8O. The number of piperidine rings is 1. The summed E-state index contributed by atoms with van der Waals surface area (Å²) in [6, 6.07) is 7.14. The van der Waals surface area contributed by atoms with Gasteiger partial charge in [-0.25, -0.2) is 33.5 Å². The van der Waals surface area contributed by atoms with Crippen molar-refractivity contribution >= 4 is 34.3 Å². The number of anilines is 2. The Morgan fingerprint density at radius 2 is 1.82 bits per heavy atom. The molecule has 0 radical (unpaired) electrons. The minimum atomic E-state index is -2.74. The van der Waals surface area contributed by atoms with E-state index in [1.807, 2.05) is 25.1 Å². The highest BCUT2D eigenvalue weighted by Gasteiger charge is 2.47. The third kappa shape index (κ3) is 5.27. The highest BCUT2D eigenvalue weighted by atomic mass is 35.5. The Labute approximate surface area is 229 Å². The molecular weight excluding hydrogens is 526 g/mol. The summed E-state index contributed by atoms with van der Waals surface area (Å²) < 4.78 is 30.2. The molecule has 1 aromatic carbocycles. The van der Waals surface area contributed by atoms with Crippen LogP contribution in [0.5, 0.6) is 0 Å². The van der Waals surface area contributed by atoms with Crippen LogP contribution in [0.25, 0.3) is 10.9 Å². The van der Waals surface area contributed by atoms with Crippen LogP contribution < -0.4 is 15.9 Å². The Bertz CT molecular complexity index is 1550. The van der Waals surface area contributed by atoms with E-state index < -0.39 is 23.4 Å². The third-order valence-electron chi connectivity index (χ3n) is 7.26. The zero-order valence-electron chi connectivity index (χ0n) is 22.1. The van der Waals surface area contributed by atoms with Crippen LogP contribution in [0.4, 0.5) is 20.5 Å². The van der Waals surface area contributed by atoms with Crippen LogP contribution in [0.2, 0.25) is 5.02 Å². The van der Waals surface area contributed by atoms with E-state index in [0.717, 1.165) is 10.9 Å². The highest BCUT2D eigenvalue weighted by molar-refractivity contribution is 6.31. The largest absolute Gasteiger partial charge is 0.360 e. The number of halogens is 3. The second-order valence-corrected chi connectivity index (χ2v) is 10.6. The summed E-state index contributed by atoms with van der Waals surface area (Å²) in [5.41, 5.74) is 1.78. The Balaban J connectivity index is 1.46. The van der Waals surface area contributed by atoms with Crippen molar-refractivity contribution in [1.29, 1.82) is 0 Å². The first-order chi connectivity index (χ1) is 18.5. The van der Waals surface area contributed by atoms with Crippen molar-refractivity contribution in [3.63, 3.8) is 0 Å². The molecule has 0 bridgehead atoms. The van der Waals surface area contributed by atoms with Crippen molar-refractivity contribution in [2.24, 2.45) is 18.9 Å². The zero-order valence-corrected chi connectivity index (χ0v) is 22.8. The van der Waals surface area contributed by atoms with Crippen molar-refractivity contribution in [2.45, 2.75) is 39.2 Å². The van der Waals surface area contributed by atoms with Crippen LogP contribution in [0.15, 0.2) is 47.7 Å². The molecule has 4 heterocycles. The molecule has 9 nitrogen and oxygen atoms in total. The number of fused-ring (bicyclic) bond motifs is 1. The lowest BCUT2D eigenvalue weighted by Gasteiger charge is -2.41. The molecule has 1 N–H and O–H groups in total. The summed E-state index contributed by atoms with van der Waals surface area (Å²) in [5.74, 6) is -3.00. The van der Waals surface area contributed by atoms with Gasteiger partial charge in [0.05, 0.1) is 28.5 Å². The molecule has 4 aromatic rings. The number of alkyl halides is 2. The third-order valence-corrected chi connectivity index (χ3v) is 7.57. The number of rotatable bonds is 6. The molecule has 3 aromatic heterocycles. The predicted molar refractivity (Wildman–Crippen MR) is 146 cm³/mol. The zero-order chi connectivity index (χ0) is 27.9. The maximum atomic E-state index is 14.4. The van der Waals surface area contributed by atoms with E-state index >= 15 is 0 Å². The van der Waals surface area contributed by atoms with Gasteiger partial charge in [0.1, 0.15) is 11.6 Å². The van der Waals surface area contributed by atoms with E-state index in [0.29, 0.717) is 40.2 Å². The molecule has 0 spiro atoms. The van der Waals surface area contributed by atoms with Crippen LogP contribution >= 0.6 is 11.6 Å². The van der Waals surface area contributed by atoms with E-state index in [-0.39, 0.29) is 19.1 Å². The van der Waals surface area contributed by atoms with Gasteiger partial charge in [0.2, 0.25) is 5.95 Å². The average Bonchev–Trinajstić information content (AvgIpc) is 2.92. The Hall–Kier alpha value is -3.73. The van der Waals surface area contributed by atoms with Gasteiger partial charge in [0.25, 0.3) is 5.92 Å². The minimum Gasteiger partial charge on any atom is -0.360 e. The quantitative estimate of drug-likeness (QED) is 0.367. The van der Waals surface area contributed by atoms with Crippen LogP contribution in [0.1, 0.15) is 43.9 Å². The van der Waals surface area contributed by atoms with E-state index in [1.165, 1.54) is 10.8 Å². The fourth-order valence-corrected chi connectivity index (χ4v) is 5.07. The molecule has 1 aliphatic heterocycles. The monoisotopic (exact) mass is 554 g/mol. The second kappa shape index (κ2) is 10.4. The maximum absolute atomic E-state index is 14.4. The highest BCUT2D eigenvalue weighted by Crippen LogP contribution is 2.38. The lowest BCUT2D eigenvalue weighted by Crippen LogP contribution is -2.52. The van der Waals surface area contributed by atoms with Gasteiger partial charge in [-0.15, -0.1) is 0 Å². The van der Waals surface area contributed by atoms with Gasteiger partial charge < -0.3 is 10.2 Å². The van der Waals surface area contributed by atoms with Gasteiger partial charge in [-0.2, -0.15) is 4.98 Å². The standard InChI is InChI=1S/C27H29ClF2N8O/c1-15-13-38(14-16(2)27(15,29)30)25-33-12-20(28)21(35-25)11-18-6-7-22-19(10-18)24(36-26(39)37(22)4)34-17(3)23-31-8-5-9-32-23/h5-10,12,15-17H,11,13-14H2,1-4H3,(H,34,36,39)/t15-,16+,17?. The van der Waals surface area contributed by atoms with Crippen molar-refractivity contribution in [3.8, 4) is 0 Å². The van der Waals surface area contributed by atoms with E-state index in [9.17, 15) is 13.6 Å². The van der Waals surface area contributed by atoms with Crippen LogP contribution in [-0.4, -0.2) is 48.5 Å². The number of nitrogens with zero attached hydrogens (tertiary/aromatic N) is 7. The molecule has 0 amide bonds. The van der Waals surface area contributed by atoms with Gasteiger partial charge in [0.15, 0.2) is 0 Å². The van der Waals surface area contributed by atoms with Crippen LogP contribution in [0, 0.1) is 11.8 Å². The summed E-state index contributed by atoms with van der Waals surface area (Å²) in [7, 11) is 1.67. The van der Waals surface area contributed by atoms with Gasteiger partial charge >= 0.3 is 5.69 Å². The number of aryl methyl sites for hydroxylation is 1. The molecule has 0 aliphatic carbocycles.